The second-order valence-electron chi connectivity index (χ2n) is 3.83. The van der Waals surface area contributed by atoms with Crippen LogP contribution in [0, 0.1) is 0 Å². The summed E-state index contributed by atoms with van der Waals surface area (Å²) in [6.07, 6.45) is 0. The summed E-state index contributed by atoms with van der Waals surface area (Å²) < 4.78 is 5.26. The van der Waals surface area contributed by atoms with Crippen LogP contribution < -0.4 is 21.1 Å². The number of hydrogen-bond acceptors (Lipinski definition) is 4. The molecule has 4 N–H and O–H groups in total. The second-order valence-corrected chi connectivity index (χ2v) is 3.83. The molecule has 1 aromatic rings. The van der Waals surface area contributed by atoms with Gasteiger partial charge in [0, 0.05) is 18.3 Å². The highest BCUT2D eigenvalue weighted by Gasteiger charge is 2.15. The SMILES string of the molecule is CC(CN)Nc1ccc2c(c1)NC(=O)CO2. The van der Waals surface area contributed by atoms with Crippen LogP contribution in [-0.4, -0.2) is 25.1 Å². The lowest BCUT2D eigenvalue weighted by molar-refractivity contribution is -0.118. The fourth-order valence-corrected chi connectivity index (χ4v) is 1.52. The van der Waals surface area contributed by atoms with E-state index in [1.165, 1.54) is 0 Å². The fraction of sp³-hybridized carbons (Fsp3) is 0.364. The van der Waals surface area contributed by atoms with Crippen LogP contribution >= 0.6 is 0 Å². The molecule has 0 radical (unpaired) electrons. The lowest BCUT2D eigenvalue weighted by Gasteiger charge is -2.20. The monoisotopic (exact) mass is 221 g/mol. The molecule has 5 heteroatoms. The summed E-state index contributed by atoms with van der Waals surface area (Å²) in [7, 11) is 0. The fourth-order valence-electron chi connectivity index (χ4n) is 1.52. The molecule has 0 saturated heterocycles. The number of carbonyl (C=O) groups is 1. The van der Waals surface area contributed by atoms with Crippen LogP contribution in [-0.2, 0) is 4.79 Å². The zero-order valence-corrected chi connectivity index (χ0v) is 9.12. The minimum absolute atomic E-state index is 0.0823. The third-order valence-corrected chi connectivity index (χ3v) is 2.38. The van der Waals surface area contributed by atoms with E-state index < -0.39 is 0 Å². The Morgan fingerprint density at radius 1 is 1.62 bits per heavy atom. The van der Waals surface area contributed by atoms with Crippen LogP contribution in [0.2, 0.25) is 0 Å². The summed E-state index contributed by atoms with van der Waals surface area (Å²) >= 11 is 0. The van der Waals surface area contributed by atoms with Gasteiger partial charge in [-0.05, 0) is 25.1 Å². The first kappa shape index (κ1) is 10.8. The van der Waals surface area contributed by atoms with Crippen molar-refractivity contribution >= 4 is 17.3 Å². The van der Waals surface area contributed by atoms with Gasteiger partial charge in [0.05, 0.1) is 5.69 Å². The predicted octanol–water partition coefficient (Wildman–Crippen LogP) is 0.777. The van der Waals surface area contributed by atoms with Crippen LogP contribution in [0.1, 0.15) is 6.92 Å². The number of hydrogen-bond donors (Lipinski definition) is 3. The standard InChI is InChI=1S/C11H15N3O2/c1-7(5-12)13-8-2-3-10-9(4-8)14-11(15)6-16-10/h2-4,7,13H,5-6,12H2,1H3,(H,14,15). The lowest BCUT2D eigenvalue weighted by Crippen LogP contribution is -2.27. The quantitative estimate of drug-likeness (QED) is 0.705. The minimum atomic E-state index is -0.128. The molecule has 1 aliphatic heterocycles. The van der Waals surface area contributed by atoms with Crippen molar-refractivity contribution in [1.82, 2.24) is 0 Å². The first-order chi connectivity index (χ1) is 7.69. The second kappa shape index (κ2) is 4.40. The topological polar surface area (TPSA) is 76.4 Å². The molecule has 0 bridgehead atoms. The number of nitrogens with two attached hydrogens (primary N) is 1. The molecular weight excluding hydrogens is 206 g/mol. The van der Waals surface area contributed by atoms with Gasteiger partial charge in [0.25, 0.3) is 5.91 Å². The van der Waals surface area contributed by atoms with Crippen LogP contribution in [0.5, 0.6) is 5.75 Å². The Balaban J connectivity index is 2.18. The minimum Gasteiger partial charge on any atom is -0.482 e. The van der Waals surface area contributed by atoms with E-state index in [0.717, 1.165) is 5.69 Å². The maximum atomic E-state index is 11.1. The predicted molar refractivity (Wildman–Crippen MR) is 62.7 cm³/mol. The summed E-state index contributed by atoms with van der Waals surface area (Å²) in [5, 5.41) is 5.98. The number of ether oxygens (including phenoxy) is 1. The number of anilines is 2. The van der Waals surface area contributed by atoms with Crippen molar-refractivity contribution in [3.63, 3.8) is 0 Å². The normalized spacial score (nSPS) is 15.8. The van der Waals surface area contributed by atoms with Crippen LogP contribution in [0.3, 0.4) is 0 Å². The zero-order valence-electron chi connectivity index (χ0n) is 9.12. The Morgan fingerprint density at radius 2 is 2.44 bits per heavy atom. The summed E-state index contributed by atoms with van der Waals surface area (Å²) in [5.74, 6) is 0.571. The molecule has 1 aromatic carbocycles. The van der Waals surface area contributed by atoms with Crippen molar-refractivity contribution in [2.45, 2.75) is 13.0 Å². The first-order valence-electron chi connectivity index (χ1n) is 5.22. The number of rotatable bonds is 3. The van der Waals surface area contributed by atoms with E-state index in [-0.39, 0.29) is 18.6 Å². The van der Waals surface area contributed by atoms with E-state index in [1.54, 1.807) is 0 Å². The molecular formula is C11H15N3O2. The van der Waals surface area contributed by atoms with Gasteiger partial charge in [-0.1, -0.05) is 0 Å². The highest BCUT2D eigenvalue weighted by molar-refractivity contribution is 5.96. The van der Waals surface area contributed by atoms with Crippen LogP contribution in [0.15, 0.2) is 18.2 Å². The Morgan fingerprint density at radius 3 is 3.19 bits per heavy atom. The van der Waals surface area contributed by atoms with E-state index >= 15 is 0 Å². The maximum Gasteiger partial charge on any atom is 0.262 e. The Kier molecular flexibility index (Phi) is 2.96. The molecule has 0 fully saturated rings. The highest BCUT2D eigenvalue weighted by atomic mass is 16.5. The third-order valence-electron chi connectivity index (χ3n) is 2.38. The summed E-state index contributed by atoms with van der Waals surface area (Å²) in [6, 6.07) is 5.78. The zero-order chi connectivity index (χ0) is 11.5. The van der Waals surface area contributed by atoms with Gasteiger partial charge in [-0.2, -0.15) is 0 Å². The average molecular weight is 221 g/mol. The van der Waals surface area contributed by atoms with E-state index in [9.17, 15) is 4.79 Å². The van der Waals surface area contributed by atoms with Gasteiger partial charge in [-0.15, -0.1) is 0 Å². The van der Waals surface area contributed by atoms with Crippen LogP contribution in [0.4, 0.5) is 11.4 Å². The van der Waals surface area contributed by atoms with E-state index in [2.05, 4.69) is 10.6 Å². The van der Waals surface area contributed by atoms with Gasteiger partial charge < -0.3 is 21.1 Å². The molecule has 1 atom stereocenters. The van der Waals surface area contributed by atoms with Gasteiger partial charge in [-0.3, -0.25) is 4.79 Å². The van der Waals surface area contributed by atoms with Gasteiger partial charge in [0.2, 0.25) is 0 Å². The number of carbonyl (C=O) groups excluding carboxylic acids is 1. The van der Waals surface area contributed by atoms with Gasteiger partial charge in [0.1, 0.15) is 5.75 Å². The molecule has 1 heterocycles. The van der Waals surface area contributed by atoms with E-state index in [0.29, 0.717) is 18.0 Å². The molecule has 0 saturated carbocycles. The number of nitrogens with one attached hydrogen (secondary N) is 2. The maximum absolute atomic E-state index is 11.1. The summed E-state index contributed by atoms with van der Waals surface area (Å²) in [4.78, 5) is 11.1. The number of fused-ring (bicyclic) bond motifs is 1. The molecule has 2 rings (SSSR count). The van der Waals surface area contributed by atoms with Gasteiger partial charge in [-0.25, -0.2) is 0 Å². The molecule has 5 nitrogen and oxygen atoms in total. The van der Waals surface area contributed by atoms with Crippen molar-refractivity contribution < 1.29 is 9.53 Å². The average Bonchev–Trinajstić information content (AvgIpc) is 2.28. The molecule has 0 aromatic heterocycles. The van der Waals surface area contributed by atoms with Crippen molar-refractivity contribution in [3.05, 3.63) is 18.2 Å². The van der Waals surface area contributed by atoms with Crippen molar-refractivity contribution in [2.75, 3.05) is 23.8 Å². The largest absolute Gasteiger partial charge is 0.482 e. The van der Waals surface area contributed by atoms with Crippen molar-refractivity contribution in [3.8, 4) is 5.75 Å². The third kappa shape index (κ3) is 2.25. The summed E-state index contributed by atoms with van der Waals surface area (Å²) in [5.41, 5.74) is 7.14. The number of benzene rings is 1. The van der Waals surface area contributed by atoms with Crippen molar-refractivity contribution in [1.29, 1.82) is 0 Å². The molecule has 1 aliphatic rings. The molecule has 1 amide bonds. The molecule has 1 unspecified atom stereocenters. The first-order valence-corrected chi connectivity index (χ1v) is 5.22. The molecule has 0 aliphatic carbocycles. The van der Waals surface area contributed by atoms with Gasteiger partial charge in [0.15, 0.2) is 6.61 Å². The summed E-state index contributed by atoms with van der Waals surface area (Å²) in [6.45, 7) is 2.63. The molecule has 16 heavy (non-hydrogen) atoms. The van der Waals surface area contributed by atoms with E-state index in [1.807, 2.05) is 25.1 Å². The van der Waals surface area contributed by atoms with Crippen LogP contribution in [0.25, 0.3) is 0 Å². The lowest BCUT2D eigenvalue weighted by atomic mass is 10.2. The van der Waals surface area contributed by atoms with Crippen molar-refractivity contribution in [2.24, 2.45) is 5.73 Å². The Bertz CT molecular complexity index is 406. The van der Waals surface area contributed by atoms with E-state index in [4.69, 9.17) is 10.5 Å². The Labute approximate surface area is 94.0 Å². The smallest absolute Gasteiger partial charge is 0.262 e. The molecule has 0 spiro atoms. The highest BCUT2D eigenvalue weighted by Crippen LogP contribution is 2.30. The molecule has 86 valence electrons. The number of amides is 1. The Hall–Kier alpha value is -1.75. The van der Waals surface area contributed by atoms with Gasteiger partial charge >= 0.3 is 0 Å².